The summed E-state index contributed by atoms with van der Waals surface area (Å²) in [6, 6.07) is 0. The van der Waals surface area contributed by atoms with Crippen LogP contribution in [0, 0.1) is 5.92 Å². The summed E-state index contributed by atoms with van der Waals surface area (Å²) in [5.41, 5.74) is 0. The van der Waals surface area contributed by atoms with Crippen LogP contribution in [0.25, 0.3) is 0 Å². The lowest BCUT2D eigenvalue weighted by Gasteiger charge is -2.38. The molecule has 1 atom stereocenters. The van der Waals surface area contributed by atoms with Crippen LogP contribution in [0.15, 0.2) is 0 Å². The first-order valence-electron chi connectivity index (χ1n) is 7.91. The molecule has 0 saturated carbocycles. The number of alkyl halides is 9. The highest BCUT2D eigenvalue weighted by atomic mass is 19.4. The van der Waals surface area contributed by atoms with E-state index in [9.17, 15) is 39.5 Å². The average molecular weight is 408 g/mol. The van der Waals surface area contributed by atoms with Gasteiger partial charge in [-0.3, -0.25) is 0 Å². The minimum Gasteiger partial charge on any atom is -0.233 e. The lowest BCUT2D eigenvalue weighted by Crippen LogP contribution is -2.54. The SMILES string of the molecule is CCCCCCCCC(C)C(OC(F)(F)F)(OC(F)(F)F)OC(F)(F)F. The third-order valence-electron chi connectivity index (χ3n) is 3.37. The number of halogens is 9. The molecule has 0 bridgehead atoms. The van der Waals surface area contributed by atoms with Crippen molar-refractivity contribution in [1.82, 2.24) is 0 Å². The largest absolute Gasteiger partial charge is 0.526 e. The van der Waals surface area contributed by atoms with E-state index in [0.29, 0.717) is 19.8 Å². The molecule has 1 unspecified atom stereocenters. The van der Waals surface area contributed by atoms with E-state index in [1.54, 1.807) is 0 Å². The van der Waals surface area contributed by atoms with Gasteiger partial charge in [-0.1, -0.05) is 52.4 Å². The second kappa shape index (κ2) is 9.98. The van der Waals surface area contributed by atoms with Gasteiger partial charge in [0.15, 0.2) is 0 Å². The minimum absolute atomic E-state index is 0.0796. The van der Waals surface area contributed by atoms with E-state index in [1.165, 1.54) is 0 Å². The molecule has 0 aromatic rings. The molecule has 0 aliphatic heterocycles. The maximum Gasteiger partial charge on any atom is 0.526 e. The Bertz CT molecular complexity index is 350. The molecule has 3 nitrogen and oxygen atoms in total. The molecule has 0 aliphatic rings. The summed E-state index contributed by atoms with van der Waals surface area (Å²) in [5, 5.41) is 0. The van der Waals surface area contributed by atoms with Gasteiger partial charge < -0.3 is 0 Å². The van der Waals surface area contributed by atoms with Gasteiger partial charge >= 0.3 is 25.1 Å². The molecule has 0 radical (unpaired) electrons. The van der Waals surface area contributed by atoms with Crippen LogP contribution in [0.1, 0.15) is 58.8 Å². The topological polar surface area (TPSA) is 27.7 Å². The van der Waals surface area contributed by atoms with E-state index in [2.05, 4.69) is 14.2 Å². The van der Waals surface area contributed by atoms with Gasteiger partial charge in [0, 0.05) is 5.92 Å². The fourth-order valence-corrected chi connectivity index (χ4v) is 2.26. The Morgan fingerprint density at radius 1 is 0.615 bits per heavy atom. The molecular weight excluding hydrogens is 387 g/mol. The number of hydrogen-bond acceptors (Lipinski definition) is 3. The van der Waals surface area contributed by atoms with Crippen molar-refractivity contribution in [2.75, 3.05) is 0 Å². The van der Waals surface area contributed by atoms with Crippen molar-refractivity contribution in [3.8, 4) is 0 Å². The predicted octanol–water partition coefficient (Wildman–Crippen LogP) is 6.64. The summed E-state index contributed by atoms with van der Waals surface area (Å²) in [7, 11) is 0. The van der Waals surface area contributed by atoms with E-state index < -0.39 is 37.4 Å². The molecule has 26 heavy (non-hydrogen) atoms. The predicted molar refractivity (Wildman–Crippen MR) is 71.3 cm³/mol. The number of ether oxygens (including phenoxy) is 3. The van der Waals surface area contributed by atoms with Crippen molar-refractivity contribution >= 4 is 0 Å². The van der Waals surface area contributed by atoms with E-state index >= 15 is 0 Å². The van der Waals surface area contributed by atoms with Crippen molar-refractivity contribution in [2.45, 2.75) is 83.9 Å². The molecule has 0 aromatic carbocycles. The van der Waals surface area contributed by atoms with Gasteiger partial charge in [-0.15, -0.1) is 39.5 Å². The molecule has 0 aromatic heterocycles. The Morgan fingerprint density at radius 3 is 1.31 bits per heavy atom. The monoisotopic (exact) mass is 408 g/mol. The highest BCUT2D eigenvalue weighted by molar-refractivity contribution is 4.71. The maximum atomic E-state index is 12.5. The van der Waals surface area contributed by atoms with Crippen LogP contribution in [0.3, 0.4) is 0 Å². The fraction of sp³-hybridized carbons (Fsp3) is 1.00. The van der Waals surface area contributed by atoms with Gasteiger partial charge in [0.1, 0.15) is 0 Å². The van der Waals surface area contributed by atoms with Crippen molar-refractivity contribution < 1.29 is 53.7 Å². The van der Waals surface area contributed by atoms with Crippen LogP contribution in [-0.2, 0) is 14.2 Å². The molecule has 0 fully saturated rings. The molecule has 12 heteroatoms. The fourth-order valence-electron chi connectivity index (χ4n) is 2.26. The summed E-state index contributed by atoms with van der Waals surface area (Å²) >= 11 is 0. The third kappa shape index (κ3) is 11.8. The third-order valence-corrected chi connectivity index (χ3v) is 3.37. The van der Waals surface area contributed by atoms with Gasteiger partial charge in [0.2, 0.25) is 0 Å². The summed E-state index contributed by atoms with van der Waals surface area (Å²) in [6.45, 7) is 2.64. The Kier molecular flexibility index (Phi) is 9.69. The second-order valence-corrected chi connectivity index (χ2v) is 5.70. The van der Waals surface area contributed by atoms with E-state index in [4.69, 9.17) is 0 Å². The molecule has 0 rings (SSSR count). The lowest BCUT2D eigenvalue weighted by atomic mass is 9.99. The zero-order valence-electron chi connectivity index (χ0n) is 14.2. The van der Waals surface area contributed by atoms with Gasteiger partial charge in [0.05, 0.1) is 0 Å². The van der Waals surface area contributed by atoms with Gasteiger partial charge in [-0.05, 0) is 6.42 Å². The molecule has 0 spiro atoms. The summed E-state index contributed by atoms with van der Waals surface area (Å²) in [6.07, 6.45) is -14.3. The van der Waals surface area contributed by atoms with Crippen LogP contribution in [0.2, 0.25) is 0 Å². The van der Waals surface area contributed by atoms with E-state index in [-0.39, 0.29) is 6.42 Å². The molecule has 0 N–H and O–H groups in total. The van der Waals surface area contributed by atoms with E-state index in [1.807, 2.05) is 6.92 Å². The average Bonchev–Trinajstić information content (AvgIpc) is 2.36. The van der Waals surface area contributed by atoms with Gasteiger partial charge in [-0.2, -0.15) is 0 Å². The van der Waals surface area contributed by atoms with Crippen LogP contribution in [-0.4, -0.2) is 25.1 Å². The standard InChI is InChI=1S/C14H21F9O3/c1-3-4-5-6-7-8-9-10(2)11(24-12(15,16)17,25-13(18,19)20)26-14(21,22)23/h10H,3-9H2,1-2H3. The minimum atomic E-state index is -5.86. The number of hydrogen-bond donors (Lipinski definition) is 0. The molecule has 158 valence electrons. The zero-order chi connectivity index (χ0) is 20.6. The first-order valence-corrected chi connectivity index (χ1v) is 7.91. The smallest absolute Gasteiger partial charge is 0.233 e. The van der Waals surface area contributed by atoms with Crippen LogP contribution < -0.4 is 0 Å². The molecule has 0 amide bonds. The first kappa shape index (κ1) is 25.2. The highest BCUT2D eigenvalue weighted by Crippen LogP contribution is 2.43. The van der Waals surface area contributed by atoms with Gasteiger partial charge in [0.25, 0.3) is 0 Å². The maximum absolute atomic E-state index is 12.5. The van der Waals surface area contributed by atoms with Crippen LogP contribution in [0.5, 0.6) is 0 Å². The molecule has 0 heterocycles. The Balaban J connectivity index is 5.29. The summed E-state index contributed by atoms with van der Waals surface area (Å²) in [5.74, 6) is -6.43. The summed E-state index contributed by atoms with van der Waals surface area (Å²) in [4.78, 5) is 0. The van der Waals surface area contributed by atoms with Crippen LogP contribution in [0.4, 0.5) is 39.5 Å². The number of unbranched alkanes of at least 4 members (excludes halogenated alkanes) is 5. The Hall–Kier alpha value is -0.750. The van der Waals surface area contributed by atoms with E-state index in [0.717, 1.165) is 19.3 Å². The highest BCUT2D eigenvalue weighted by Gasteiger charge is 2.60. The second-order valence-electron chi connectivity index (χ2n) is 5.70. The zero-order valence-corrected chi connectivity index (χ0v) is 14.2. The summed E-state index contributed by atoms with van der Waals surface area (Å²) < 4.78 is 121. The first-order chi connectivity index (χ1) is 11.6. The Morgan fingerprint density at radius 2 is 0.962 bits per heavy atom. The van der Waals surface area contributed by atoms with Crippen molar-refractivity contribution in [1.29, 1.82) is 0 Å². The quantitative estimate of drug-likeness (QED) is 0.218. The van der Waals surface area contributed by atoms with Crippen molar-refractivity contribution in [3.05, 3.63) is 0 Å². The van der Waals surface area contributed by atoms with Gasteiger partial charge in [-0.25, -0.2) is 14.2 Å². The normalized spacial score (nSPS) is 15.3. The molecular formula is C14H21F9O3. The van der Waals surface area contributed by atoms with Crippen molar-refractivity contribution in [3.63, 3.8) is 0 Å². The number of rotatable bonds is 11. The van der Waals surface area contributed by atoms with Crippen LogP contribution >= 0.6 is 0 Å². The lowest BCUT2D eigenvalue weighted by molar-refractivity contribution is -0.589. The Labute approximate surface area is 144 Å². The molecule has 0 aliphatic carbocycles. The van der Waals surface area contributed by atoms with Crippen molar-refractivity contribution in [2.24, 2.45) is 5.92 Å². The molecule has 0 saturated heterocycles.